The summed E-state index contributed by atoms with van der Waals surface area (Å²) in [6.45, 7) is 6.53. The highest BCUT2D eigenvalue weighted by Crippen LogP contribution is 2.30. The molecule has 0 saturated carbocycles. The van der Waals surface area contributed by atoms with Crippen LogP contribution in [-0.4, -0.2) is 28.7 Å². The smallest absolute Gasteiger partial charge is 0.261 e. The third-order valence-corrected chi connectivity index (χ3v) is 4.20. The van der Waals surface area contributed by atoms with Gasteiger partial charge in [0.1, 0.15) is 6.54 Å². The number of hydrogen-bond donors (Lipinski definition) is 1. The van der Waals surface area contributed by atoms with Gasteiger partial charge in [-0.2, -0.15) is 0 Å². The molecule has 3 aromatic rings. The van der Waals surface area contributed by atoms with Crippen molar-refractivity contribution in [1.82, 2.24) is 9.55 Å². The van der Waals surface area contributed by atoms with Crippen molar-refractivity contribution < 1.29 is 14.3 Å². The Labute approximate surface area is 162 Å². The number of para-hydroxylation sites is 1. The number of carbonyl (C=O) groups is 1. The molecule has 146 valence electrons. The van der Waals surface area contributed by atoms with Crippen LogP contribution in [0.15, 0.2) is 47.5 Å². The van der Waals surface area contributed by atoms with Crippen LogP contribution in [0.2, 0.25) is 0 Å². The van der Waals surface area contributed by atoms with Crippen LogP contribution in [0.1, 0.15) is 19.4 Å². The van der Waals surface area contributed by atoms with Gasteiger partial charge in [-0.1, -0.05) is 12.1 Å². The summed E-state index contributed by atoms with van der Waals surface area (Å²) in [6.07, 6.45) is 1.40. The number of rotatable bonds is 7. The van der Waals surface area contributed by atoms with E-state index in [9.17, 15) is 9.59 Å². The maximum absolute atomic E-state index is 12.6. The van der Waals surface area contributed by atoms with Crippen LogP contribution < -0.4 is 20.3 Å². The minimum atomic E-state index is -0.331. The standard InChI is InChI=1S/C21H23N3O4/c1-4-27-17-10-9-15(11-18(17)28-5-2)23-19(25)12-24-13-22-20-14(3)7-6-8-16(20)21(24)26/h6-11,13H,4-5,12H2,1-3H3,(H,23,25). The lowest BCUT2D eigenvalue weighted by molar-refractivity contribution is -0.116. The first-order chi connectivity index (χ1) is 13.5. The monoisotopic (exact) mass is 381 g/mol. The summed E-state index contributed by atoms with van der Waals surface area (Å²) < 4.78 is 12.4. The molecule has 1 amide bonds. The fourth-order valence-corrected chi connectivity index (χ4v) is 2.93. The topological polar surface area (TPSA) is 82.5 Å². The largest absolute Gasteiger partial charge is 0.490 e. The maximum Gasteiger partial charge on any atom is 0.261 e. The normalized spacial score (nSPS) is 10.7. The molecule has 0 radical (unpaired) electrons. The molecule has 0 spiro atoms. The molecule has 0 aliphatic heterocycles. The quantitative estimate of drug-likeness (QED) is 0.680. The lowest BCUT2D eigenvalue weighted by Gasteiger charge is -2.13. The molecule has 7 heteroatoms. The molecule has 1 N–H and O–H groups in total. The van der Waals surface area contributed by atoms with Crippen molar-refractivity contribution in [1.29, 1.82) is 0 Å². The van der Waals surface area contributed by atoms with Crippen molar-refractivity contribution in [2.75, 3.05) is 18.5 Å². The Morgan fingerprint density at radius 1 is 1.11 bits per heavy atom. The Hall–Kier alpha value is -3.35. The first kappa shape index (κ1) is 19.4. The lowest BCUT2D eigenvalue weighted by Crippen LogP contribution is -2.28. The zero-order valence-electron chi connectivity index (χ0n) is 16.2. The molecule has 0 unspecified atom stereocenters. The molecule has 1 heterocycles. The second-order valence-electron chi connectivity index (χ2n) is 6.22. The highest BCUT2D eigenvalue weighted by molar-refractivity contribution is 5.91. The van der Waals surface area contributed by atoms with Gasteiger partial charge < -0.3 is 14.8 Å². The van der Waals surface area contributed by atoms with Gasteiger partial charge in [-0.25, -0.2) is 4.98 Å². The van der Waals surface area contributed by atoms with E-state index in [1.165, 1.54) is 10.9 Å². The van der Waals surface area contributed by atoms with Crippen molar-refractivity contribution >= 4 is 22.5 Å². The molecule has 2 aromatic carbocycles. The van der Waals surface area contributed by atoms with E-state index in [0.717, 1.165) is 5.56 Å². The SMILES string of the molecule is CCOc1ccc(NC(=O)Cn2cnc3c(C)cccc3c2=O)cc1OCC. The molecule has 0 fully saturated rings. The average Bonchev–Trinajstić information content (AvgIpc) is 2.67. The van der Waals surface area contributed by atoms with Crippen molar-refractivity contribution in [2.24, 2.45) is 0 Å². The summed E-state index contributed by atoms with van der Waals surface area (Å²) in [5, 5.41) is 3.28. The third kappa shape index (κ3) is 4.14. The molecular weight excluding hydrogens is 358 g/mol. The summed E-state index contributed by atoms with van der Waals surface area (Å²) in [6, 6.07) is 10.6. The Morgan fingerprint density at radius 3 is 2.61 bits per heavy atom. The molecule has 28 heavy (non-hydrogen) atoms. The Balaban J connectivity index is 1.79. The van der Waals surface area contributed by atoms with Crippen LogP contribution in [0.5, 0.6) is 11.5 Å². The number of carbonyl (C=O) groups excluding carboxylic acids is 1. The molecular formula is C21H23N3O4. The van der Waals surface area contributed by atoms with E-state index in [1.54, 1.807) is 30.3 Å². The van der Waals surface area contributed by atoms with E-state index in [1.807, 2.05) is 26.8 Å². The second kappa shape index (κ2) is 8.56. The zero-order valence-corrected chi connectivity index (χ0v) is 16.2. The Morgan fingerprint density at radius 2 is 1.86 bits per heavy atom. The van der Waals surface area contributed by atoms with E-state index in [-0.39, 0.29) is 18.0 Å². The van der Waals surface area contributed by atoms with Gasteiger partial charge in [0, 0.05) is 11.8 Å². The van der Waals surface area contributed by atoms with Crippen LogP contribution >= 0.6 is 0 Å². The maximum atomic E-state index is 12.6. The summed E-state index contributed by atoms with van der Waals surface area (Å²) in [7, 11) is 0. The molecule has 7 nitrogen and oxygen atoms in total. The molecule has 1 aromatic heterocycles. The molecule has 0 atom stereocenters. The number of fused-ring (bicyclic) bond motifs is 1. The molecule has 0 aliphatic rings. The van der Waals surface area contributed by atoms with Crippen molar-refractivity contribution in [3.63, 3.8) is 0 Å². The number of aryl methyl sites for hydroxylation is 1. The van der Waals surface area contributed by atoms with Crippen LogP contribution in [0.3, 0.4) is 0 Å². The van der Waals surface area contributed by atoms with Crippen molar-refractivity contribution in [3.05, 3.63) is 58.6 Å². The molecule has 3 rings (SSSR count). The lowest BCUT2D eigenvalue weighted by atomic mass is 10.1. The van der Waals surface area contributed by atoms with E-state index in [2.05, 4.69) is 10.3 Å². The number of nitrogens with zero attached hydrogens (tertiary/aromatic N) is 2. The van der Waals surface area contributed by atoms with Gasteiger partial charge in [0.25, 0.3) is 5.56 Å². The van der Waals surface area contributed by atoms with Gasteiger partial charge in [0.05, 0.1) is 30.4 Å². The van der Waals surface area contributed by atoms with Crippen molar-refractivity contribution in [3.8, 4) is 11.5 Å². The van der Waals surface area contributed by atoms with Crippen LogP contribution in [-0.2, 0) is 11.3 Å². The van der Waals surface area contributed by atoms with E-state index >= 15 is 0 Å². The van der Waals surface area contributed by atoms with Crippen LogP contribution in [0, 0.1) is 6.92 Å². The predicted molar refractivity (Wildman–Crippen MR) is 108 cm³/mol. The van der Waals surface area contributed by atoms with Gasteiger partial charge in [-0.3, -0.25) is 14.2 Å². The van der Waals surface area contributed by atoms with E-state index in [0.29, 0.717) is 41.3 Å². The molecule has 0 bridgehead atoms. The van der Waals surface area contributed by atoms with Gasteiger partial charge >= 0.3 is 0 Å². The number of nitrogens with one attached hydrogen (secondary N) is 1. The van der Waals surface area contributed by atoms with E-state index in [4.69, 9.17) is 9.47 Å². The number of aromatic nitrogens is 2. The summed E-state index contributed by atoms with van der Waals surface area (Å²) in [4.78, 5) is 29.4. The van der Waals surface area contributed by atoms with Gasteiger partial charge in [0.15, 0.2) is 11.5 Å². The first-order valence-electron chi connectivity index (χ1n) is 9.17. The Kier molecular flexibility index (Phi) is 5.93. The second-order valence-corrected chi connectivity index (χ2v) is 6.22. The van der Waals surface area contributed by atoms with Gasteiger partial charge in [-0.05, 0) is 44.5 Å². The average molecular weight is 381 g/mol. The van der Waals surface area contributed by atoms with Gasteiger partial charge in [-0.15, -0.1) is 0 Å². The fourth-order valence-electron chi connectivity index (χ4n) is 2.93. The highest BCUT2D eigenvalue weighted by atomic mass is 16.5. The van der Waals surface area contributed by atoms with E-state index < -0.39 is 0 Å². The van der Waals surface area contributed by atoms with Crippen LogP contribution in [0.25, 0.3) is 10.9 Å². The fraction of sp³-hybridized carbons (Fsp3) is 0.286. The zero-order chi connectivity index (χ0) is 20.1. The number of hydrogen-bond acceptors (Lipinski definition) is 5. The number of ether oxygens (including phenoxy) is 2. The minimum absolute atomic E-state index is 0.132. The summed E-state index contributed by atoms with van der Waals surface area (Å²) in [5.74, 6) is 0.845. The van der Waals surface area contributed by atoms with Crippen LogP contribution in [0.4, 0.5) is 5.69 Å². The van der Waals surface area contributed by atoms with Gasteiger partial charge in [0.2, 0.25) is 5.91 Å². The third-order valence-electron chi connectivity index (χ3n) is 4.20. The number of anilines is 1. The first-order valence-corrected chi connectivity index (χ1v) is 9.17. The molecule has 0 saturated heterocycles. The number of benzene rings is 2. The molecule has 0 aliphatic carbocycles. The Bertz CT molecular complexity index is 1060. The highest BCUT2D eigenvalue weighted by Gasteiger charge is 2.11. The minimum Gasteiger partial charge on any atom is -0.490 e. The summed E-state index contributed by atoms with van der Waals surface area (Å²) >= 11 is 0. The predicted octanol–water partition coefficient (Wildman–Crippen LogP) is 3.14. The summed E-state index contributed by atoms with van der Waals surface area (Å²) in [5.41, 5.74) is 1.89. The van der Waals surface area contributed by atoms with Crippen molar-refractivity contribution in [2.45, 2.75) is 27.3 Å². The number of amides is 1.